The van der Waals surface area contributed by atoms with Crippen LogP contribution in [-0.2, 0) is 4.79 Å². The van der Waals surface area contributed by atoms with Gasteiger partial charge in [0.05, 0.1) is 17.8 Å². The SMILES string of the molecule is COc1c(C)cc(NC(=O)N(S)c2ccc(NC(C)=O)cc2)cc1Cl. The second-order valence-electron chi connectivity index (χ2n) is 5.28. The summed E-state index contributed by atoms with van der Waals surface area (Å²) in [6, 6.07) is 9.62. The van der Waals surface area contributed by atoms with Gasteiger partial charge in [0.1, 0.15) is 5.75 Å². The molecule has 0 fully saturated rings. The van der Waals surface area contributed by atoms with E-state index >= 15 is 0 Å². The smallest absolute Gasteiger partial charge is 0.336 e. The van der Waals surface area contributed by atoms with Crippen molar-refractivity contribution in [1.29, 1.82) is 0 Å². The lowest BCUT2D eigenvalue weighted by atomic mass is 10.2. The number of carbonyl (C=O) groups excluding carboxylic acids is 2. The number of amides is 3. The molecule has 25 heavy (non-hydrogen) atoms. The Morgan fingerprint density at radius 2 is 1.76 bits per heavy atom. The molecule has 2 rings (SSSR count). The molecular weight excluding hydrogens is 362 g/mol. The van der Waals surface area contributed by atoms with Crippen molar-refractivity contribution < 1.29 is 14.3 Å². The number of urea groups is 1. The Labute approximate surface area is 156 Å². The number of carbonyl (C=O) groups is 2. The number of methoxy groups -OCH3 is 1. The van der Waals surface area contributed by atoms with Crippen LogP contribution in [0.3, 0.4) is 0 Å². The summed E-state index contributed by atoms with van der Waals surface area (Å²) < 4.78 is 6.35. The number of nitrogens with one attached hydrogen (secondary N) is 2. The van der Waals surface area contributed by atoms with Crippen molar-refractivity contribution in [2.75, 3.05) is 22.0 Å². The highest BCUT2D eigenvalue weighted by atomic mass is 35.5. The standard InChI is InChI=1S/C17H18ClN3O3S/c1-10-8-13(9-15(18)16(10)24-3)20-17(23)21(25)14-6-4-12(5-7-14)19-11(2)22/h4-9,25H,1-3H3,(H,19,22)(H,20,23). The molecule has 2 N–H and O–H groups in total. The summed E-state index contributed by atoms with van der Waals surface area (Å²) in [5, 5.41) is 5.78. The van der Waals surface area contributed by atoms with E-state index in [-0.39, 0.29) is 5.91 Å². The van der Waals surface area contributed by atoms with Gasteiger partial charge in [-0.25, -0.2) is 9.10 Å². The Morgan fingerprint density at radius 1 is 1.12 bits per heavy atom. The first kappa shape index (κ1) is 19.0. The van der Waals surface area contributed by atoms with Crippen molar-refractivity contribution in [3.05, 3.63) is 47.0 Å². The van der Waals surface area contributed by atoms with Crippen molar-refractivity contribution in [3.63, 3.8) is 0 Å². The van der Waals surface area contributed by atoms with Crippen LogP contribution in [0.1, 0.15) is 12.5 Å². The molecule has 6 nitrogen and oxygen atoms in total. The van der Waals surface area contributed by atoms with Crippen molar-refractivity contribution in [2.24, 2.45) is 0 Å². The van der Waals surface area contributed by atoms with Crippen LogP contribution in [0.5, 0.6) is 5.75 Å². The predicted molar refractivity (Wildman–Crippen MR) is 104 cm³/mol. The first-order valence-electron chi connectivity index (χ1n) is 7.33. The molecule has 0 bridgehead atoms. The maximum atomic E-state index is 12.3. The number of benzene rings is 2. The minimum Gasteiger partial charge on any atom is -0.495 e. The quantitative estimate of drug-likeness (QED) is 0.685. The van der Waals surface area contributed by atoms with Crippen LogP contribution in [0.25, 0.3) is 0 Å². The molecule has 2 aromatic rings. The van der Waals surface area contributed by atoms with Crippen molar-refractivity contribution >= 4 is 53.4 Å². The van der Waals surface area contributed by atoms with Crippen LogP contribution in [0.2, 0.25) is 5.02 Å². The molecule has 0 saturated carbocycles. The predicted octanol–water partition coefficient (Wildman–Crippen LogP) is 4.50. The summed E-state index contributed by atoms with van der Waals surface area (Å²) in [7, 11) is 1.53. The maximum Gasteiger partial charge on any atom is 0.336 e. The van der Waals surface area contributed by atoms with Gasteiger partial charge in [-0.2, -0.15) is 0 Å². The maximum absolute atomic E-state index is 12.3. The first-order valence-corrected chi connectivity index (χ1v) is 8.11. The number of nitrogens with zero attached hydrogens (tertiary/aromatic N) is 1. The van der Waals surface area contributed by atoms with Crippen LogP contribution in [-0.4, -0.2) is 19.0 Å². The third-order valence-electron chi connectivity index (χ3n) is 3.31. The second kappa shape index (κ2) is 8.13. The Hall–Kier alpha value is -2.38. The zero-order valence-electron chi connectivity index (χ0n) is 14.0. The van der Waals surface area contributed by atoms with E-state index in [0.29, 0.717) is 27.8 Å². The van der Waals surface area contributed by atoms with E-state index < -0.39 is 6.03 Å². The highest BCUT2D eigenvalue weighted by Crippen LogP contribution is 2.32. The molecule has 0 atom stereocenters. The van der Waals surface area contributed by atoms with E-state index in [1.807, 2.05) is 6.92 Å². The Morgan fingerprint density at radius 3 is 2.28 bits per heavy atom. The molecule has 0 aliphatic heterocycles. The summed E-state index contributed by atoms with van der Waals surface area (Å²) >= 11 is 10.3. The molecule has 8 heteroatoms. The summed E-state index contributed by atoms with van der Waals surface area (Å²) in [6.45, 7) is 3.26. The van der Waals surface area contributed by atoms with E-state index in [1.54, 1.807) is 36.4 Å². The third-order valence-corrected chi connectivity index (χ3v) is 4.00. The van der Waals surface area contributed by atoms with Crippen LogP contribution in [0.15, 0.2) is 36.4 Å². The molecule has 2 aromatic carbocycles. The topological polar surface area (TPSA) is 70.7 Å². The Kier molecular flexibility index (Phi) is 6.17. The van der Waals surface area contributed by atoms with Gasteiger partial charge in [-0.15, -0.1) is 0 Å². The van der Waals surface area contributed by atoms with Crippen molar-refractivity contribution in [3.8, 4) is 5.75 Å². The normalized spacial score (nSPS) is 10.1. The van der Waals surface area contributed by atoms with Gasteiger partial charge in [0.2, 0.25) is 5.91 Å². The molecule has 132 valence electrons. The number of hydrogen-bond acceptors (Lipinski definition) is 4. The van der Waals surface area contributed by atoms with Gasteiger partial charge >= 0.3 is 6.03 Å². The fourth-order valence-electron chi connectivity index (χ4n) is 2.24. The minimum atomic E-state index is -0.448. The average Bonchev–Trinajstić information content (AvgIpc) is 2.54. The van der Waals surface area contributed by atoms with Gasteiger partial charge in [0.25, 0.3) is 0 Å². The molecular formula is C17H18ClN3O3S. The molecule has 0 heterocycles. The minimum absolute atomic E-state index is 0.167. The number of anilines is 3. The number of ether oxygens (including phenoxy) is 1. The summed E-state index contributed by atoms with van der Waals surface area (Å²) in [4.78, 5) is 23.4. The summed E-state index contributed by atoms with van der Waals surface area (Å²) in [5.74, 6) is 0.399. The average molecular weight is 380 g/mol. The number of thiol groups is 1. The fourth-order valence-corrected chi connectivity index (χ4v) is 2.77. The van der Waals surface area contributed by atoms with Crippen molar-refractivity contribution in [2.45, 2.75) is 13.8 Å². The Balaban J connectivity index is 2.11. The molecule has 0 unspecified atom stereocenters. The monoisotopic (exact) mass is 379 g/mol. The largest absolute Gasteiger partial charge is 0.495 e. The van der Waals surface area contributed by atoms with Gasteiger partial charge < -0.3 is 15.4 Å². The van der Waals surface area contributed by atoms with Gasteiger partial charge in [-0.1, -0.05) is 24.4 Å². The van der Waals surface area contributed by atoms with Gasteiger partial charge in [-0.3, -0.25) is 4.79 Å². The van der Waals surface area contributed by atoms with E-state index in [2.05, 4.69) is 23.4 Å². The fraction of sp³-hybridized carbons (Fsp3) is 0.176. The zero-order valence-corrected chi connectivity index (χ0v) is 15.6. The number of hydrogen-bond donors (Lipinski definition) is 3. The van der Waals surface area contributed by atoms with Gasteiger partial charge in [0, 0.05) is 18.3 Å². The van der Waals surface area contributed by atoms with Crippen LogP contribution < -0.4 is 19.7 Å². The molecule has 0 radical (unpaired) electrons. The van der Waals surface area contributed by atoms with Crippen LogP contribution >= 0.6 is 24.4 Å². The summed E-state index contributed by atoms with van der Waals surface area (Å²) in [5.41, 5.74) is 2.51. The van der Waals surface area contributed by atoms with Crippen molar-refractivity contribution in [1.82, 2.24) is 0 Å². The molecule has 3 amide bonds. The lowest BCUT2D eigenvalue weighted by molar-refractivity contribution is -0.114. The lowest BCUT2D eigenvalue weighted by Gasteiger charge is -2.18. The number of rotatable bonds is 4. The lowest BCUT2D eigenvalue weighted by Crippen LogP contribution is -2.26. The van der Waals surface area contributed by atoms with E-state index in [4.69, 9.17) is 16.3 Å². The highest BCUT2D eigenvalue weighted by Gasteiger charge is 2.14. The van der Waals surface area contributed by atoms with Gasteiger partial charge in [0.15, 0.2) is 0 Å². The molecule has 0 aliphatic carbocycles. The number of aryl methyl sites for hydroxylation is 1. The first-order chi connectivity index (χ1) is 11.8. The second-order valence-corrected chi connectivity index (χ2v) is 6.09. The molecule has 0 aliphatic rings. The Bertz CT molecular complexity index is 773. The molecule has 0 aromatic heterocycles. The zero-order chi connectivity index (χ0) is 18.6. The molecule has 0 saturated heterocycles. The van der Waals surface area contributed by atoms with E-state index in [9.17, 15) is 9.59 Å². The molecule has 0 spiro atoms. The van der Waals surface area contributed by atoms with Crippen LogP contribution in [0.4, 0.5) is 21.9 Å². The van der Waals surface area contributed by atoms with E-state index in [0.717, 1.165) is 9.87 Å². The third kappa shape index (κ3) is 4.80. The summed E-state index contributed by atoms with van der Waals surface area (Å²) in [6.07, 6.45) is 0. The highest BCUT2D eigenvalue weighted by molar-refractivity contribution is 7.82. The van der Waals surface area contributed by atoms with Gasteiger partial charge in [-0.05, 0) is 48.9 Å². The van der Waals surface area contributed by atoms with E-state index in [1.165, 1.54) is 14.0 Å². The van der Waals surface area contributed by atoms with Crippen LogP contribution in [0, 0.1) is 6.92 Å². The number of halogens is 1.